The summed E-state index contributed by atoms with van der Waals surface area (Å²) < 4.78 is 27.0. The van der Waals surface area contributed by atoms with Gasteiger partial charge in [0.15, 0.2) is 0 Å². The maximum absolute atomic E-state index is 12.2. The van der Waals surface area contributed by atoms with Gasteiger partial charge in [-0.2, -0.15) is 0 Å². The fourth-order valence-corrected chi connectivity index (χ4v) is 3.83. The van der Waals surface area contributed by atoms with Crippen LogP contribution in [0.1, 0.15) is 32.1 Å². The van der Waals surface area contributed by atoms with E-state index >= 15 is 0 Å². The van der Waals surface area contributed by atoms with Gasteiger partial charge in [0.2, 0.25) is 10.0 Å². The highest BCUT2D eigenvalue weighted by Gasteiger charge is 2.32. The summed E-state index contributed by atoms with van der Waals surface area (Å²) in [7, 11) is -3.54. The van der Waals surface area contributed by atoms with E-state index < -0.39 is 10.0 Å². The van der Waals surface area contributed by atoms with Gasteiger partial charge in [0, 0.05) is 24.3 Å². The first-order valence-electron chi connectivity index (χ1n) is 6.94. The van der Waals surface area contributed by atoms with Crippen LogP contribution in [0.5, 0.6) is 0 Å². The molecule has 0 aromatic heterocycles. The van der Waals surface area contributed by atoms with Crippen LogP contribution in [0.15, 0.2) is 29.2 Å². The van der Waals surface area contributed by atoms with Gasteiger partial charge in [-0.1, -0.05) is 19.3 Å². The molecule has 4 N–H and O–H groups in total. The number of aliphatic hydroxyl groups is 1. The number of nitrogen functional groups attached to an aromatic ring is 1. The van der Waals surface area contributed by atoms with Gasteiger partial charge in [-0.15, -0.1) is 0 Å². The van der Waals surface area contributed by atoms with Crippen molar-refractivity contribution < 1.29 is 13.5 Å². The first-order chi connectivity index (χ1) is 9.47. The van der Waals surface area contributed by atoms with Crippen LogP contribution in [-0.4, -0.2) is 26.7 Å². The van der Waals surface area contributed by atoms with E-state index in [4.69, 9.17) is 5.73 Å². The summed E-state index contributed by atoms with van der Waals surface area (Å²) in [6.07, 6.45) is 4.99. The van der Waals surface area contributed by atoms with Gasteiger partial charge in [0.1, 0.15) is 0 Å². The molecule has 1 aromatic rings. The van der Waals surface area contributed by atoms with Crippen molar-refractivity contribution in [3.05, 3.63) is 24.3 Å². The Labute approximate surface area is 120 Å². The highest BCUT2D eigenvalue weighted by molar-refractivity contribution is 7.89. The van der Waals surface area contributed by atoms with Crippen molar-refractivity contribution in [1.29, 1.82) is 0 Å². The van der Waals surface area contributed by atoms with Gasteiger partial charge in [-0.25, -0.2) is 13.1 Å². The lowest BCUT2D eigenvalue weighted by Crippen LogP contribution is -2.41. The second kappa shape index (κ2) is 6.11. The fourth-order valence-electron chi connectivity index (χ4n) is 2.67. The number of nitrogens with two attached hydrogens (primary N) is 1. The largest absolute Gasteiger partial charge is 0.399 e. The Hall–Kier alpha value is -1.11. The number of aliphatic hydroxyl groups excluding tert-OH is 1. The second-order valence-corrected chi connectivity index (χ2v) is 7.38. The minimum absolute atomic E-state index is 0.0251. The Bertz CT molecular complexity index is 534. The molecular formula is C14H22N2O3S. The Morgan fingerprint density at radius 1 is 1.15 bits per heavy atom. The topological polar surface area (TPSA) is 92.4 Å². The van der Waals surface area contributed by atoms with Crippen molar-refractivity contribution >= 4 is 15.7 Å². The van der Waals surface area contributed by atoms with Crippen molar-refractivity contribution in [3.8, 4) is 0 Å². The predicted octanol–water partition coefficient (Wildman–Crippen LogP) is 1.49. The van der Waals surface area contributed by atoms with E-state index in [1.807, 2.05) is 0 Å². The van der Waals surface area contributed by atoms with E-state index in [1.54, 1.807) is 12.1 Å². The monoisotopic (exact) mass is 298 g/mol. The molecule has 0 unspecified atom stereocenters. The number of anilines is 1. The smallest absolute Gasteiger partial charge is 0.240 e. The molecule has 0 bridgehead atoms. The van der Waals surface area contributed by atoms with E-state index in [1.165, 1.54) is 12.1 Å². The van der Waals surface area contributed by atoms with E-state index in [-0.39, 0.29) is 23.5 Å². The average Bonchev–Trinajstić information content (AvgIpc) is 2.47. The molecule has 0 atom stereocenters. The van der Waals surface area contributed by atoms with Crippen LogP contribution in [0, 0.1) is 5.41 Å². The Kier molecular flexibility index (Phi) is 4.67. The van der Waals surface area contributed by atoms with Crippen LogP contribution < -0.4 is 10.5 Å². The fraction of sp³-hybridized carbons (Fsp3) is 0.571. The third kappa shape index (κ3) is 3.50. The van der Waals surface area contributed by atoms with Gasteiger partial charge in [-0.3, -0.25) is 0 Å². The number of benzene rings is 1. The van der Waals surface area contributed by atoms with Gasteiger partial charge in [-0.05, 0) is 37.1 Å². The molecule has 5 nitrogen and oxygen atoms in total. The average molecular weight is 298 g/mol. The molecule has 1 aliphatic rings. The summed E-state index contributed by atoms with van der Waals surface area (Å²) >= 11 is 0. The van der Waals surface area contributed by atoms with Gasteiger partial charge in [0.05, 0.1) is 4.90 Å². The minimum atomic E-state index is -3.54. The molecule has 0 heterocycles. The van der Waals surface area contributed by atoms with Crippen LogP contribution in [0.3, 0.4) is 0 Å². The standard InChI is InChI=1S/C14H22N2O3S/c15-12-4-6-13(7-5-12)20(18,19)16-10-14(11-17)8-2-1-3-9-14/h4-7,16-17H,1-3,8-11,15H2. The number of hydrogen-bond donors (Lipinski definition) is 3. The summed E-state index contributed by atoms with van der Waals surface area (Å²) in [4.78, 5) is 0.204. The zero-order chi connectivity index (χ0) is 14.6. The molecule has 20 heavy (non-hydrogen) atoms. The highest BCUT2D eigenvalue weighted by Crippen LogP contribution is 2.35. The summed E-state index contributed by atoms with van der Waals surface area (Å²) in [5, 5.41) is 9.59. The Morgan fingerprint density at radius 3 is 2.30 bits per heavy atom. The molecule has 0 amide bonds. The third-order valence-electron chi connectivity index (χ3n) is 4.08. The Morgan fingerprint density at radius 2 is 1.75 bits per heavy atom. The van der Waals surface area contributed by atoms with Crippen LogP contribution in [0.4, 0.5) is 5.69 Å². The van der Waals surface area contributed by atoms with E-state index in [9.17, 15) is 13.5 Å². The molecular weight excluding hydrogens is 276 g/mol. The maximum Gasteiger partial charge on any atom is 0.240 e. The number of rotatable bonds is 5. The SMILES string of the molecule is Nc1ccc(S(=O)(=O)NCC2(CO)CCCCC2)cc1. The van der Waals surface area contributed by atoms with Crippen molar-refractivity contribution in [2.75, 3.05) is 18.9 Å². The predicted molar refractivity (Wildman–Crippen MR) is 78.6 cm³/mol. The second-order valence-electron chi connectivity index (χ2n) is 5.61. The van der Waals surface area contributed by atoms with Crippen molar-refractivity contribution in [2.45, 2.75) is 37.0 Å². The normalized spacial score (nSPS) is 18.9. The zero-order valence-electron chi connectivity index (χ0n) is 11.5. The number of sulfonamides is 1. The molecule has 6 heteroatoms. The highest BCUT2D eigenvalue weighted by atomic mass is 32.2. The van der Waals surface area contributed by atoms with Crippen molar-refractivity contribution in [3.63, 3.8) is 0 Å². The maximum atomic E-state index is 12.2. The van der Waals surface area contributed by atoms with Crippen LogP contribution in [0.2, 0.25) is 0 Å². The van der Waals surface area contributed by atoms with Gasteiger partial charge < -0.3 is 10.8 Å². The quantitative estimate of drug-likeness (QED) is 0.718. The number of hydrogen-bond acceptors (Lipinski definition) is 4. The van der Waals surface area contributed by atoms with Crippen molar-refractivity contribution in [1.82, 2.24) is 4.72 Å². The van der Waals surface area contributed by atoms with Crippen LogP contribution >= 0.6 is 0 Å². The molecule has 1 saturated carbocycles. The van der Waals surface area contributed by atoms with Gasteiger partial charge >= 0.3 is 0 Å². The lowest BCUT2D eigenvalue weighted by molar-refractivity contribution is 0.0867. The molecule has 1 aromatic carbocycles. The summed E-state index contributed by atoms with van der Waals surface area (Å²) in [5.41, 5.74) is 5.78. The molecule has 0 radical (unpaired) electrons. The summed E-state index contributed by atoms with van der Waals surface area (Å²) in [6, 6.07) is 6.11. The lowest BCUT2D eigenvalue weighted by Gasteiger charge is -2.35. The first kappa shape index (κ1) is 15.3. The van der Waals surface area contributed by atoms with Crippen LogP contribution in [-0.2, 0) is 10.0 Å². The zero-order valence-corrected chi connectivity index (χ0v) is 12.3. The van der Waals surface area contributed by atoms with Crippen molar-refractivity contribution in [2.24, 2.45) is 5.41 Å². The molecule has 1 aliphatic carbocycles. The molecule has 112 valence electrons. The summed E-state index contributed by atoms with van der Waals surface area (Å²) in [6.45, 7) is 0.313. The molecule has 1 fully saturated rings. The Balaban J connectivity index is 2.06. The molecule has 0 spiro atoms. The van der Waals surface area contributed by atoms with E-state index in [2.05, 4.69) is 4.72 Å². The van der Waals surface area contributed by atoms with E-state index in [0.717, 1.165) is 32.1 Å². The molecule has 0 aliphatic heterocycles. The molecule has 2 rings (SSSR count). The molecule has 0 saturated heterocycles. The van der Waals surface area contributed by atoms with E-state index in [0.29, 0.717) is 5.69 Å². The minimum Gasteiger partial charge on any atom is -0.399 e. The lowest BCUT2D eigenvalue weighted by atomic mass is 9.75. The first-order valence-corrected chi connectivity index (χ1v) is 8.42. The van der Waals surface area contributed by atoms with Gasteiger partial charge in [0.25, 0.3) is 0 Å². The summed E-state index contributed by atoms with van der Waals surface area (Å²) in [5.74, 6) is 0. The third-order valence-corrected chi connectivity index (χ3v) is 5.49. The number of nitrogens with one attached hydrogen (secondary N) is 1. The van der Waals surface area contributed by atoms with Crippen LogP contribution in [0.25, 0.3) is 0 Å².